The van der Waals surface area contributed by atoms with E-state index in [0.29, 0.717) is 11.4 Å². The lowest BCUT2D eigenvalue weighted by Crippen LogP contribution is -2.39. The molecule has 0 heterocycles. The van der Waals surface area contributed by atoms with Crippen molar-refractivity contribution in [1.29, 1.82) is 0 Å². The highest BCUT2D eigenvalue weighted by Gasteiger charge is 2.18. The van der Waals surface area contributed by atoms with E-state index in [-0.39, 0.29) is 0 Å². The molecule has 110 valence electrons. The molecule has 22 heavy (non-hydrogen) atoms. The molecule has 0 bridgehead atoms. The Morgan fingerprint density at radius 2 is 1.50 bits per heavy atom. The minimum absolute atomic E-state index is 0.344. The van der Waals surface area contributed by atoms with E-state index >= 15 is 0 Å². The molecule has 0 saturated heterocycles. The van der Waals surface area contributed by atoms with Gasteiger partial charge in [-0.15, -0.1) is 0 Å². The molecule has 6 nitrogen and oxygen atoms in total. The molecule has 0 spiro atoms. The predicted octanol–water partition coefficient (Wildman–Crippen LogP) is 3.70. The van der Waals surface area contributed by atoms with Crippen LogP contribution in [0.3, 0.4) is 0 Å². The molecule has 0 aliphatic carbocycles. The van der Waals surface area contributed by atoms with Crippen LogP contribution in [0, 0.1) is 0 Å². The molecule has 0 aliphatic rings. The number of benzene rings is 2. The topological polar surface area (TPSA) is 88.1 Å². The third-order valence-corrected chi connectivity index (χ3v) is 2.76. The van der Waals surface area contributed by atoms with E-state index < -0.39 is 11.9 Å². The minimum Gasteiger partial charge on any atom is -0.351 e. The van der Waals surface area contributed by atoms with Crippen molar-refractivity contribution < 1.29 is 9.59 Å². The first-order chi connectivity index (χ1) is 10.6. The molecule has 2 aromatic carbocycles. The van der Waals surface area contributed by atoms with E-state index in [9.17, 15) is 9.59 Å². The van der Waals surface area contributed by atoms with Gasteiger partial charge >= 0.3 is 6.03 Å². The summed E-state index contributed by atoms with van der Waals surface area (Å²) in [5, 5.41) is 8.15. The van der Waals surface area contributed by atoms with Crippen LogP contribution in [-0.4, -0.2) is 11.9 Å². The van der Waals surface area contributed by atoms with Crippen LogP contribution < -0.4 is 10.6 Å². The summed E-state index contributed by atoms with van der Waals surface area (Å²) in [6, 6.07) is 14.8. The first kappa shape index (κ1) is 15.1. The number of azo groups is 1. The first-order valence-corrected chi connectivity index (χ1v) is 6.44. The van der Waals surface area contributed by atoms with Crippen molar-refractivity contribution in [3.63, 3.8) is 0 Å². The molecule has 0 fully saturated rings. The number of urea groups is 1. The van der Waals surface area contributed by atoms with Gasteiger partial charge < -0.3 is 5.73 Å². The lowest BCUT2D eigenvalue weighted by Gasteiger charge is -2.16. The molecule has 0 radical (unpaired) electrons. The third kappa shape index (κ3) is 3.63. The van der Waals surface area contributed by atoms with E-state index in [1.807, 2.05) is 30.3 Å². The molecular weight excluding hydrogens is 280 g/mol. The van der Waals surface area contributed by atoms with Gasteiger partial charge in [-0.25, -0.2) is 9.69 Å². The number of nitrogens with two attached hydrogens (primary N) is 1. The van der Waals surface area contributed by atoms with Crippen LogP contribution in [0.4, 0.5) is 21.9 Å². The number of carbonyl (C=O) groups excluding carboxylic acids is 2. The highest BCUT2D eigenvalue weighted by molar-refractivity contribution is 6.17. The van der Waals surface area contributed by atoms with Crippen LogP contribution >= 0.6 is 0 Å². The number of nitrogens with zero attached hydrogens (tertiary/aromatic N) is 3. The van der Waals surface area contributed by atoms with E-state index in [4.69, 9.17) is 5.73 Å². The monoisotopic (exact) mass is 294 g/mol. The lowest BCUT2D eigenvalue weighted by atomic mass is 10.2. The number of carbonyl (C=O) groups is 2. The number of primary amides is 1. The summed E-state index contributed by atoms with van der Waals surface area (Å²) >= 11 is 0. The number of anilines is 1. The van der Waals surface area contributed by atoms with Crippen molar-refractivity contribution in [3.05, 3.63) is 67.3 Å². The van der Waals surface area contributed by atoms with Gasteiger partial charge in [0.2, 0.25) is 0 Å². The highest BCUT2D eigenvalue weighted by Crippen LogP contribution is 2.22. The van der Waals surface area contributed by atoms with Crippen LogP contribution in [0.15, 0.2) is 77.5 Å². The minimum atomic E-state index is -0.872. The Kier molecular flexibility index (Phi) is 4.77. The highest BCUT2D eigenvalue weighted by atomic mass is 16.2. The van der Waals surface area contributed by atoms with Crippen molar-refractivity contribution >= 4 is 29.0 Å². The van der Waals surface area contributed by atoms with Crippen LogP contribution in [0.25, 0.3) is 0 Å². The van der Waals surface area contributed by atoms with E-state index in [2.05, 4.69) is 16.8 Å². The van der Waals surface area contributed by atoms with Crippen molar-refractivity contribution in [1.82, 2.24) is 0 Å². The van der Waals surface area contributed by atoms with E-state index in [1.54, 1.807) is 24.3 Å². The predicted molar refractivity (Wildman–Crippen MR) is 84.3 cm³/mol. The zero-order chi connectivity index (χ0) is 15.9. The maximum absolute atomic E-state index is 11.6. The van der Waals surface area contributed by atoms with Gasteiger partial charge in [0.05, 0.1) is 17.1 Å². The Bertz CT molecular complexity index is 709. The number of hydrogen-bond acceptors (Lipinski definition) is 4. The average molecular weight is 294 g/mol. The summed E-state index contributed by atoms with van der Waals surface area (Å²) < 4.78 is 0. The summed E-state index contributed by atoms with van der Waals surface area (Å²) in [6.07, 6.45) is 1.02. The number of amides is 3. The van der Waals surface area contributed by atoms with Crippen molar-refractivity contribution in [2.75, 3.05) is 4.90 Å². The molecule has 2 aromatic rings. The summed E-state index contributed by atoms with van der Waals surface area (Å²) in [5.41, 5.74) is 6.85. The smallest absolute Gasteiger partial charge is 0.326 e. The number of imide groups is 1. The van der Waals surface area contributed by atoms with Gasteiger partial charge in [0.15, 0.2) is 0 Å². The van der Waals surface area contributed by atoms with Crippen LogP contribution in [0.1, 0.15) is 0 Å². The zero-order valence-electron chi connectivity index (χ0n) is 11.7. The second kappa shape index (κ2) is 6.94. The lowest BCUT2D eigenvalue weighted by molar-refractivity contribution is -0.113. The van der Waals surface area contributed by atoms with Crippen molar-refractivity contribution in [3.8, 4) is 0 Å². The van der Waals surface area contributed by atoms with E-state index in [0.717, 1.165) is 16.7 Å². The Balaban J connectivity index is 2.19. The quantitative estimate of drug-likeness (QED) is 0.688. The Hall–Kier alpha value is -3.28. The van der Waals surface area contributed by atoms with Gasteiger partial charge in [0.1, 0.15) is 0 Å². The van der Waals surface area contributed by atoms with Crippen molar-refractivity contribution in [2.24, 2.45) is 16.0 Å². The van der Waals surface area contributed by atoms with Gasteiger partial charge in [-0.2, -0.15) is 10.2 Å². The van der Waals surface area contributed by atoms with Gasteiger partial charge in [0.25, 0.3) is 5.91 Å². The molecule has 2 rings (SSSR count). The Labute approximate surface area is 127 Å². The third-order valence-electron chi connectivity index (χ3n) is 2.76. The first-order valence-electron chi connectivity index (χ1n) is 6.44. The second-order valence-corrected chi connectivity index (χ2v) is 4.27. The van der Waals surface area contributed by atoms with Crippen LogP contribution in [0.5, 0.6) is 0 Å². The van der Waals surface area contributed by atoms with Gasteiger partial charge in [-0.05, 0) is 42.5 Å². The molecule has 6 heteroatoms. The fourth-order valence-electron chi connectivity index (χ4n) is 1.73. The van der Waals surface area contributed by atoms with Gasteiger partial charge in [-0.1, -0.05) is 24.8 Å². The summed E-state index contributed by atoms with van der Waals surface area (Å²) in [4.78, 5) is 23.8. The zero-order valence-corrected chi connectivity index (χ0v) is 11.7. The average Bonchev–Trinajstić information content (AvgIpc) is 2.54. The molecule has 0 saturated carbocycles. The van der Waals surface area contributed by atoms with Crippen LogP contribution in [0.2, 0.25) is 0 Å². The standard InChI is InChI=1S/C16H14N4O2/c1-2-15(21)20(16(17)22)14-10-8-13(9-11-14)19-18-12-6-4-3-5-7-12/h2-11H,1H2,(H2,17,22). The molecular formula is C16H14N4O2. The fourth-order valence-corrected chi connectivity index (χ4v) is 1.73. The fraction of sp³-hybridized carbons (Fsp3) is 0. The molecule has 0 atom stereocenters. The van der Waals surface area contributed by atoms with Gasteiger partial charge in [-0.3, -0.25) is 4.79 Å². The Morgan fingerprint density at radius 1 is 0.955 bits per heavy atom. The van der Waals surface area contributed by atoms with E-state index in [1.165, 1.54) is 0 Å². The Morgan fingerprint density at radius 3 is 2.00 bits per heavy atom. The molecule has 0 unspecified atom stereocenters. The largest absolute Gasteiger partial charge is 0.351 e. The second-order valence-electron chi connectivity index (χ2n) is 4.27. The molecule has 2 N–H and O–H groups in total. The molecule has 0 aromatic heterocycles. The number of hydrogen-bond donors (Lipinski definition) is 1. The SMILES string of the molecule is C=CC(=O)N(C(N)=O)c1ccc(N=Nc2ccccc2)cc1. The van der Waals surface area contributed by atoms with Gasteiger partial charge in [0, 0.05) is 0 Å². The molecule has 3 amide bonds. The van der Waals surface area contributed by atoms with Crippen LogP contribution in [-0.2, 0) is 4.79 Å². The summed E-state index contributed by atoms with van der Waals surface area (Å²) in [6.45, 7) is 3.34. The molecule has 0 aliphatic heterocycles. The maximum Gasteiger partial charge on any atom is 0.326 e. The summed E-state index contributed by atoms with van der Waals surface area (Å²) in [5.74, 6) is -0.592. The number of rotatable bonds is 4. The normalized spacial score (nSPS) is 10.4. The summed E-state index contributed by atoms with van der Waals surface area (Å²) in [7, 11) is 0. The van der Waals surface area contributed by atoms with Crippen molar-refractivity contribution in [2.45, 2.75) is 0 Å². The maximum atomic E-state index is 11.6.